The van der Waals surface area contributed by atoms with Crippen LogP contribution < -0.4 is 5.32 Å². The monoisotopic (exact) mass is 290 g/mol. The zero-order valence-electron chi connectivity index (χ0n) is 12.8. The van der Waals surface area contributed by atoms with Gasteiger partial charge >= 0.3 is 5.97 Å². The Balaban J connectivity index is 1.78. The quantitative estimate of drug-likeness (QED) is 0.771. The van der Waals surface area contributed by atoms with Gasteiger partial charge in [-0.05, 0) is 43.8 Å². The summed E-state index contributed by atoms with van der Waals surface area (Å²) in [6, 6.07) is 10.2. The average Bonchev–Trinajstić information content (AvgIpc) is 2.97. The first kappa shape index (κ1) is 16.0. The minimum atomic E-state index is -0.734. The van der Waals surface area contributed by atoms with Crippen molar-refractivity contribution in [2.24, 2.45) is 0 Å². The van der Waals surface area contributed by atoms with Crippen molar-refractivity contribution in [3.8, 4) is 0 Å². The molecule has 21 heavy (non-hydrogen) atoms. The fraction of sp³-hybridized carbons (Fsp3) is 0.588. The zero-order valence-corrected chi connectivity index (χ0v) is 12.8. The standard InChI is InChI=1S/C17H26N2O2/c1-2-10-18-16(17(20)21)9-12-19-11-8-15(13-19)14-6-4-3-5-7-14/h3-7,15-16,18H,2,8-13H2,1H3,(H,20,21). The maximum atomic E-state index is 11.2. The number of hydrogen-bond acceptors (Lipinski definition) is 3. The predicted molar refractivity (Wildman–Crippen MR) is 84.6 cm³/mol. The topological polar surface area (TPSA) is 52.6 Å². The Kier molecular flexibility index (Phi) is 6.21. The lowest BCUT2D eigenvalue weighted by Crippen LogP contribution is -2.40. The Labute approximate surface area is 127 Å². The number of benzene rings is 1. The number of nitrogens with one attached hydrogen (secondary N) is 1. The van der Waals surface area contributed by atoms with E-state index in [1.807, 2.05) is 6.07 Å². The lowest BCUT2D eigenvalue weighted by atomic mass is 9.99. The first-order chi connectivity index (χ1) is 10.2. The molecule has 1 fully saturated rings. The smallest absolute Gasteiger partial charge is 0.320 e. The van der Waals surface area contributed by atoms with E-state index in [0.29, 0.717) is 12.3 Å². The first-order valence-electron chi connectivity index (χ1n) is 7.94. The van der Waals surface area contributed by atoms with E-state index in [0.717, 1.165) is 32.6 Å². The molecule has 0 aromatic heterocycles. The molecule has 0 radical (unpaired) electrons. The third kappa shape index (κ3) is 4.83. The van der Waals surface area contributed by atoms with E-state index >= 15 is 0 Å². The summed E-state index contributed by atoms with van der Waals surface area (Å²) in [5.74, 6) is -0.139. The van der Waals surface area contributed by atoms with Crippen LogP contribution in [0.15, 0.2) is 30.3 Å². The van der Waals surface area contributed by atoms with Crippen LogP contribution in [0.3, 0.4) is 0 Å². The van der Waals surface area contributed by atoms with Crippen molar-refractivity contribution in [3.05, 3.63) is 35.9 Å². The minimum Gasteiger partial charge on any atom is -0.480 e. The van der Waals surface area contributed by atoms with E-state index in [4.69, 9.17) is 0 Å². The fourth-order valence-corrected chi connectivity index (χ4v) is 2.98. The molecule has 2 atom stereocenters. The molecule has 0 spiro atoms. The van der Waals surface area contributed by atoms with Gasteiger partial charge in [-0.2, -0.15) is 0 Å². The second-order valence-corrected chi connectivity index (χ2v) is 5.83. The largest absolute Gasteiger partial charge is 0.480 e. The van der Waals surface area contributed by atoms with Crippen molar-refractivity contribution < 1.29 is 9.90 Å². The van der Waals surface area contributed by atoms with E-state index in [2.05, 4.69) is 41.4 Å². The molecule has 1 aromatic rings. The van der Waals surface area contributed by atoms with Gasteiger partial charge in [-0.15, -0.1) is 0 Å². The highest BCUT2D eigenvalue weighted by molar-refractivity contribution is 5.73. The van der Waals surface area contributed by atoms with E-state index in [1.54, 1.807) is 0 Å². The van der Waals surface area contributed by atoms with Crippen LogP contribution in [0.4, 0.5) is 0 Å². The number of aliphatic carboxylic acids is 1. The molecule has 4 nitrogen and oxygen atoms in total. The number of likely N-dealkylation sites (tertiary alicyclic amines) is 1. The molecule has 0 saturated carbocycles. The summed E-state index contributed by atoms with van der Waals surface area (Å²) in [4.78, 5) is 13.6. The highest BCUT2D eigenvalue weighted by Crippen LogP contribution is 2.26. The third-order valence-corrected chi connectivity index (χ3v) is 4.22. The Morgan fingerprint density at radius 2 is 2.19 bits per heavy atom. The van der Waals surface area contributed by atoms with Gasteiger partial charge in [0.2, 0.25) is 0 Å². The zero-order chi connectivity index (χ0) is 15.1. The third-order valence-electron chi connectivity index (χ3n) is 4.22. The highest BCUT2D eigenvalue weighted by atomic mass is 16.4. The van der Waals surface area contributed by atoms with Crippen LogP contribution in [0, 0.1) is 0 Å². The summed E-state index contributed by atoms with van der Waals surface area (Å²) < 4.78 is 0. The highest BCUT2D eigenvalue weighted by Gasteiger charge is 2.25. The van der Waals surface area contributed by atoms with Crippen LogP contribution in [0.25, 0.3) is 0 Å². The number of carbonyl (C=O) groups is 1. The van der Waals surface area contributed by atoms with Crippen molar-refractivity contribution in [1.29, 1.82) is 0 Å². The number of carboxylic acids is 1. The van der Waals surface area contributed by atoms with Gasteiger partial charge in [-0.25, -0.2) is 0 Å². The summed E-state index contributed by atoms with van der Waals surface area (Å²) in [5.41, 5.74) is 1.40. The molecule has 2 unspecified atom stereocenters. The molecule has 116 valence electrons. The van der Waals surface area contributed by atoms with Gasteiger partial charge < -0.3 is 15.3 Å². The molecule has 1 aromatic carbocycles. The van der Waals surface area contributed by atoms with Crippen LogP contribution in [0.5, 0.6) is 0 Å². The predicted octanol–water partition coefficient (Wildman–Crippen LogP) is 2.32. The summed E-state index contributed by atoms with van der Waals surface area (Å²) in [7, 11) is 0. The van der Waals surface area contributed by atoms with Crippen LogP contribution >= 0.6 is 0 Å². The van der Waals surface area contributed by atoms with E-state index < -0.39 is 12.0 Å². The first-order valence-corrected chi connectivity index (χ1v) is 7.94. The van der Waals surface area contributed by atoms with Crippen molar-refractivity contribution in [3.63, 3.8) is 0 Å². The summed E-state index contributed by atoms with van der Waals surface area (Å²) in [6.45, 7) is 5.79. The lowest BCUT2D eigenvalue weighted by molar-refractivity contribution is -0.139. The Morgan fingerprint density at radius 1 is 1.43 bits per heavy atom. The van der Waals surface area contributed by atoms with Gasteiger partial charge in [0.15, 0.2) is 0 Å². The van der Waals surface area contributed by atoms with Gasteiger partial charge in [0, 0.05) is 13.1 Å². The van der Waals surface area contributed by atoms with Crippen molar-refractivity contribution in [1.82, 2.24) is 10.2 Å². The van der Waals surface area contributed by atoms with Gasteiger partial charge in [0.05, 0.1) is 0 Å². The Hall–Kier alpha value is -1.39. The maximum Gasteiger partial charge on any atom is 0.320 e. The van der Waals surface area contributed by atoms with Crippen molar-refractivity contribution >= 4 is 5.97 Å². The second-order valence-electron chi connectivity index (χ2n) is 5.83. The molecule has 1 saturated heterocycles. The number of hydrogen-bond donors (Lipinski definition) is 2. The van der Waals surface area contributed by atoms with Gasteiger partial charge in [0.1, 0.15) is 6.04 Å². The molecule has 1 aliphatic heterocycles. The van der Waals surface area contributed by atoms with Gasteiger partial charge in [0.25, 0.3) is 0 Å². The molecule has 2 N–H and O–H groups in total. The van der Waals surface area contributed by atoms with Crippen LogP contribution in [0.2, 0.25) is 0 Å². The fourth-order valence-electron chi connectivity index (χ4n) is 2.98. The SMILES string of the molecule is CCCNC(CCN1CCC(c2ccccc2)C1)C(=O)O. The van der Waals surface area contributed by atoms with E-state index in [1.165, 1.54) is 12.0 Å². The Morgan fingerprint density at radius 3 is 2.86 bits per heavy atom. The van der Waals surface area contributed by atoms with Gasteiger partial charge in [-0.3, -0.25) is 4.79 Å². The lowest BCUT2D eigenvalue weighted by Gasteiger charge is -2.20. The molecule has 0 bridgehead atoms. The number of nitrogens with zero attached hydrogens (tertiary/aromatic N) is 1. The molecule has 1 heterocycles. The Bertz CT molecular complexity index is 436. The van der Waals surface area contributed by atoms with Gasteiger partial charge in [-0.1, -0.05) is 37.3 Å². The second kappa shape index (κ2) is 8.15. The van der Waals surface area contributed by atoms with Crippen molar-refractivity contribution in [2.45, 2.75) is 38.1 Å². The van der Waals surface area contributed by atoms with Crippen LogP contribution in [-0.2, 0) is 4.79 Å². The van der Waals surface area contributed by atoms with E-state index in [9.17, 15) is 9.90 Å². The number of rotatable bonds is 8. The molecule has 0 aliphatic carbocycles. The molecule has 4 heteroatoms. The molecule has 1 aliphatic rings. The summed E-state index contributed by atoms with van der Waals surface area (Å²) in [6.07, 6.45) is 2.81. The minimum absolute atomic E-state index is 0.416. The summed E-state index contributed by atoms with van der Waals surface area (Å²) >= 11 is 0. The van der Waals surface area contributed by atoms with E-state index in [-0.39, 0.29) is 0 Å². The molecule has 0 amide bonds. The van der Waals surface area contributed by atoms with Crippen LogP contribution in [-0.4, -0.2) is 48.2 Å². The van der Waals surface area contributed by atoms with Crippen LogP contribution in [0.1, 0.15) is 37.7 Å². The maximum absolute atomic E-state index is 11.2. The van der Waals surface area contributed by atoms with Crippen molar-refractivity contribution in [2.75, 3.05) is 26.2 Å². The molecule has 2 rings (SSSR count). The number of carboxylic acid groups (broad SMARTS) is 1. The average molecular weight is 290 g/mol. The molecular formula is C17H26N2O2. The normalized spacial score (nSPS) is 20.5. The molecular weight excluding hydrogens is 264 g/mol. The summed E-state index contributed by atoms with van der Waals surface area (Å²) in [5, 5.41) is 12.3.